The van der Waals surface area contributed by atoms with Crippen LogP contribution in [-0.4, -0.2) is 26.7 Å². The number of nitrogens with two attached hydrogens (primary N) is 1. The highest BCUT2D eigenvalue weighted by atomic mass is 32.1. The van der Waals surface area contributed by atoms with Gasteiger partial charge in [0.25, 0.3) is 0 Å². The number of hydrogen-bond donors (Lipinski definition) is 2. The standard InChI is InChI=1S/C17H23N3O2S/c1-12-4-6-14(23-12)11-20-17(18)19-9-8-13-5-7-15(21-2)16(10-13)22-3/h4-7,10H,8-9,11H2,1-3H3,(H3,18,19,20). The smallest absolute Gasteiger partial charge is 0.188 e. The number of rotatable bonds is 7. The maximum Gasteiger partial charge on any atom is 0.188 e. The number of aryl methyl sites for hydroxylation is 1. The third kappa shape index (κ3) is 5.17. The van der Waals surface area contributed by atoms with Crippen LogP contribution >= 0.6 is 11.3 Å². The van der Waals surface area contributed by atoms with Gasteiger partial charge in [0.1, 0.15) is 0 Å². The van der Waals surface area contributed by atoms with Gasteiger partial charge < -0.3 is 20.5 Å². The molecule has 124 valence electrons. The van der Waals surface area contributed by atoms with Gasteiger partial charge >= 0.3 is 0 Å². The molecule has 6 heteroatoms. The summed E-state index contributed by atoms with van der Waals surface area (Å²) >= 11 is 1.74. The van der Waals surface area contributed by atoms with Crippen LogP contribution in [0.3, 0.4) is 0 Å². The Morgan fingerprint density at radius 1 is 1.17 bits per heavy atom. The van der Waals surface area contributed by atoms with Gasteiger partial charge in [-0.1, -0.05) is 6.07 Å². The van der Waals surface area contributed by atoms with Crippen molar-refractivity contribution in [2.24, 2.45) is 10.7 Å². The molecule has 0 bridgehead atoms. The number of hydrogen-bond acceptors (Lipinski definition) is 4. The van der Waals surface area contributed by atoms with Gasteiger partial charge in [-0.3, -0.25) is 0 Å². The van der Waals surface area contributed by atoms with Crippen molar-refractivity contribution >= 4 is 17.3 Å². The fourth-order valence-electron chi connectivity index (χ4n) is 2.16. The van der Waals surface area contributed by atoms with E-state index in [2.05, 4.69) is 29.4 Å². The molecular formula is C17H23N3O2S. The fraction of sp³-hybridized carbons (Fsp3) is 0.353. The van der Waals surface area contributed by atoms with Crippen LogP contribution in [0.1, 0.15) is 15.3 Å². The van der Waals surface area contributed by atoms with Crippen LogP contribution in [0.25, 0.3) is 0 Å². The first-order valence-corrected chi connectivity index (χ1v) is 8.24. The Hall–Kier alpha value is -2.21. The van der Waals surface area contributed by atoms with Crippen LogP contribution in [0, 0.1) is 6.92 Å². The first-order valence-electron chi connectivity index (χ1n) is 7.42. The molecule has 0 aliphatic carbocycles. The van der Waals surface area contributed by atoms with Gasteiger partial charge in [0.05, 0.1) is 20.8 Å². The summed E-state index contributed by atoms with van der Waals surface area (Å²) in [4.78, 5) is 6.85. The molecular weight excluding hydrogens is 310 g/mol. The monoisotopic (exact) mass is 333 g/mol. The van der Waals surface area contributed by atoms with Crippen molar-refractivity contribution < 1.29 is 9.47 Å². The van der Waals surface area contributed by atoms with E-state index in [1.165, 1.54) is 9.75 Å². The van der Waals surface area contributed by atoms with Crippen LogP contribution in [0.15, 0.2) is 35.3 Å². The molecule has 0 fully saturated rings. The predicted octanol–water partition coefficient (Wildman–Crippen LogP) is 2.72. The number of ether oxygens (including phenoxy) is 2. The molecule has 0 saturated carbocycles. The van der Waals surface area contributed by atoms with E-state index in [1.54, 1.807) is 25.6 Å². The van der Waals surface area contributed by atoms with Crippen LogP contribution in [0.4, 0.5) is 0 Å². The Morgan fingerprint density at radius 2 is 1.96 bits per heavy atom. The van der Waals surface area contributed by atoms with E-state index in [1.807, 2.05) is 18.2 Å². The maximum absolute atomic E-state index is 5.89. The summed E-state index contributed by atoms with van der Waals surface area (Å²) in [6, 6.07) is 10.1. The van der Waals surface area contributed by atoms with Crippen molar-refractivity contribution in [2.45, 2.75) is 19.9 Å². The number of thiophene rings is 1. The molecule has 0 amide bonds. The Balaban J connectivity index is 1.82. The van der Waals surface area contributed by atoms with E-state index in [0.717, 1.165) is 23.5 Å². The summed E-state index contributed by atoms with van der Waals surface area (Å²) in [5.41, 5.74) is 7.04. The van der Waals surface area contributed by atoms with E-state index in [-0.39, 0.29) is 0 Å². The summed E-state index contributed by atoms with van der Waals surface area (Å²) in [7, 11) is 3.27. The van der Waals surface area contributed by atoms with Crippen molar-refractivity contribution in [3.8, 4) is 11.5 Å². The minimum absolute atomic E-state index is 0.469. The highest BCUT2D eigenvalue weighted by molar-refractivity contribution is 7.11. The molecule has 0 saturated heterocycles. The maximum atomic E-state index is 5.89. The zero-order valence-corrected chi connectivity index (χ0v) is 14.6. The molecule has 0 unspecified atom stereocenters. The van der Waals surface area contributed by atoms with Crippen LogP contribution in [-0.2, 0) is 13.0 Å². The summed E-state index contributed by atoms with van der Waals surface area (Å²) in [6.45, 7) is 3.42. The van der Waals surface area contributed by atoms with Crippen LogP contribution in [0.5, 0.6) is 11.5 Å². The molecule has 3 N–H and O–H groups in total. The highest BCUT2D eigenvalue weighted by Crippen LogP contribution is 2.27. The first kappa shape index (κ1) is 17.1. The van der Waals surface area contributed by atoms with Gasteiger partial charge in [-0.25, -0.2) is 4.99 Å². The van der Waals surface area contributed by atoms with Crippen LogP contribution in [0.2, 0.25) is 0 Å². The second kappa shape index (κ2) is 8.43. The summed E-state index contributed by atoms with van der Waals surface area (Å²) in [6.07, 6.45) is 0.828. The molecule has 2 rings (SSSR count). The first-order chi connectivity index (χ1) is 11.1. The third-order valence-electron chi connectivity index (χ3n) is 3.37. The largest absolute Gasteiger partial charge is 0.493 e. The summed E-state index contributed by atoms with van der Waals surface area (Å²) in [5, 5.41) is 3.13. The van der Waals surface area contributed by atoms with E-state index in [4.69, 9.17) is 15.2 Å². The van der Waals surface area contributed by atoms with Gasteiger partial charge in [0.15, 0.2) is 17.5 Å². The quantitative estimate of drug-likeness (QED) is 0.604. The highest BCUT2D eigenvalue weighted by Gasteiger charge is 2.04. The van der Waals surface area contributed by atoms with Gasteiger partial charge in [-0.05, 0) is 43.2 Å². The molecule has 0 aliphatic heterocycles. The average molecular weight is 333 g/mol. The summed E-state index contributed by atoms with van der Waals surface area (Å²) in [5.74, 6) is 1.94. The molecule has 23 heavy (non-hydrogen) atoms. The number of benzene rings is 1. The molecule has 0 spiro atoms. The molecule has 2 aromatic rings. The number of guanidine groups is 1. The minimum atomic E-state index is 0.469. The lowest BCUT2D eigenvalue weighted by atomic mass is 10.1. The van der Waals surface area contributed by atoms with Crippen molar-refractivity contribution in [3.63, 3.8) is 0 Å². The second-order valence-corrected chi connectivity index (χ2v) is 6.45. The Bertz CT molecular complexity index is 668. The molecule has 1 aromatic carbocycles. The second-order valence-electron chi connectivity index (χ2n) is 5.08. The normalized spacial score (nSPS) is 11.3. The molecule has 0 radical (unpaired) electrons. The van der Waals surface area contributed by atoms with Crippen molar-refractivity contribution in [3.05, 3.63) is 45.6 Å². The molecule has 1 aromatic heterocycles. The van der Waals surface area contributed by atoms with Crippen molar-refractivity contribution in [2.75, 3.05) is 20.8 Å². The lowest BCUT2D eigenvalue weighted by Crippen LogP contribution is -2.33. The molecule has 5 nitrogen and oxygen atoms in total. The average Bonchev–Trinajstić information content (AvgIpc) is 2.98. The van der Waals surface area contributed by atoms with Gasteiger partial charge in [0, 0.05) is 16.3 Å². The Labute approximate surface area is 141 Å². The predicted molar refractivity (Wildman–Crippen MR) is 95.6 cm³/mol. The Morgan fingerprint density at radius 3 is 2.61 bits per heavy atom. The topological polar surface area (TPSA) is 68.9 Å². The lowest BCUT2D eigenvalue weighted by molar-refractivity contribution is 0.354. The number of aliphatic imine (C=N–C) groups is 1. The molecule has 1 heterocycles. The van der Waals surface area contributed by atoms with E-state index in [0.29, 0.717) is 19.0 Å². The minimum Gasteiger partial charge on any atom is -0.493 e. The fourth-order valence-corrected chi connectivity index (χ4v) is 2.97. The number of nitrogens with one attached hydrogen (secondary N) is 1. The van der Waals surface area contributed by atoms with Crippen molar-refractivity contribution in [1.82, 2.24) is 5.32 Å². The Kier molecular flexibility index (Phi) is 6.29. The van der Waals surface area contributed by atoms with Gasteiger partial charge in [-0.15, -0.1) is 11.3 Å². The number of methoxy groups -OCH3 is 2. The SMILES string of the molecule is COc1ccc(CCNC(N)=NCc2ccc(C)s2)cc1OC. The zero-order chi connectivity index (χ0) is 16.7. The van der Waals surface area contributed by atoms with E-state index < -0.39 is 0 Å². The lowest BCUT2D eigenvalue weighted by Gasteiger charge is -2.10. The molecule has 0 atom stereocenters. The van der Waals surface area contributed by atoms with Gasteiger partial charge in [-0.2, -0.15) is 0 Å². The third-order valence-corrected chi connectivity index (χ3v) is 4.35. The zero-order valence-electron chi connectivity index (χ0n) is 13.8. The van der Waals surface area contributed by atoms with Gasteiger partial charge in [0.2, 0.25) is 0 Å². The van der Waals surface area contributed by atoms with E-state index >= 15 is 0 Å². The van der Waals surface area contributed by atoms with Crippen molar-refractivity contribution in [1.29, 1.82) is 0 Å². The van der Waals surface area contributed by atoms with Crippen LogP contribution < -0.4 is 20.5 Å². The molecule has 0 aliphatic rings. The number of nitrogens with zero attached hydrogens (tertiary/aromatic N) is 1. The summed E-state index contributed by atoms with van der Waals surface area (Å²) < 4.78 is 10.5. The van der Waals surface area contributed by atoms with E-state index in [9.17, 15) is 0 Å².